The highest BCUT2D eigenvalue weighted by molar-refractivity contribution is 7.26. The summed E-state index contributed by atoms with van der Waals surface area (Å²) in [5.74, 6) is 2.81. The SMILES string of the molecule is c1ccc(-c2nc(Cc3cc(-c4ccccc4-c4ccccc4)cnc3-n3c4ccccc4c4c5c(ccc43)sc3ccccc35)nc(-c3ccccc3)n2)cc1. The van der Waals surface area contributed by atoms with E-state index in [1.165, 1.54) is 30.9 Å². The van der Waals surface area contributed by atoms with Crippen LogP contribution in [0.2, 0.25) is 0 Å². The lowest BCUT2D eigenvalue weighted by Crippen LogP contribution is -2.08. The topological polar surface area (TPSA) is 56.5 Å². The maximum absolute atomic E-state index is 5.41. The predicted octanol–water partition coefficient (Wildman–Crippen LogP) is 13.0. The lowest BCUT2D eigenvalue weighted by Gasteiger charge is -2.16. The van der Waals surface area contributed by atoms with Gasteiger partial charge in [0.2, 0.25) is 0 Å². The third-order valence-electron chi connectivity index (χ3n) is 10.7. The van der Waals surface area contributed by atoms with Gasteiger partial charge < -0.3 is 0 Å². The fourth-order valence-corrected chi connectivity index (χ4v) is 9.30. The second-order valence-electron chi connectivity index (χ2n) is 14.2. The van der Waals surface area contributed by atoms with Gasteiger partial charge >= 0.3 is 0 Å². The van der Waals surface area contributed by atoms with Crippen LogP contribution in [-0.4, -0.2) is 24.5 Å². The van der Waals surface area contributed by atoms with Crippen molar-refractivity contribution >= 4 is 53.3 Å². The van der Waals surface area contributed by atoms with Gasteiger partial charge in [0.05, 0.1) is 11.0 Å². The monoisotopic (exact) mass is 747 g/mol. The van der Waals surface area contributed by atoms with Crippen molar-refractivity contribution in [2.45, 2.75) is 6.42 Å². The largest absolute Gasteiger partial charge is 0.294 e. The van der Waals surface area contributed by atoms with Gasteiger partial charge in [-0.1, -0.05) is 152 Å². The van der Waals surface area contributed by atoms with Gasteiger partial charge in [-0.3, -0.25) is 4.57 Å². The summed E-state index contributed by atoms with van der Waals surface area (Å²) in [6.07, 6.45) is 2.46. The van der Waals surface area contributed by atoms with Crippen LogP contribution in [0.15, 0.2) is 188 Å². The zero-order chi connectivity index (χ0) is 37.7. The number of hydrogen-bond acceptors (Lipinski definition) is 5. The van der Waals surface area contributed by atoms with Gasteiger partial charge in [0.1, 0.15) is 11.6 Å². The van der Waals surface area contributed by atoms with Crippen molar-refractivity contribution in [1.82, 2.24) is 24.5 Å². The normalized spacial score (nSPS) is 11.6. The van der Waals surface area contributed by atoms with E-state index in [1.54, 1.807) is 0 Å². The number of thiophene rings is 1. The van der Waals surface area contributed by atoms with Gasteiger partial charge in [-0.25, -0.2) is 19.9 Å². The van der Waals surface area contributed by atoms with E-state index in [9.17, 15) is 0 Å². The number of para-hydroxylation sites is 1. The van der Waals surface area contributed by atoms with Crippen LogP contribution in [0, 0.1) is 0 Å². The fraction of sp³-hybridized carbons (Fsp3) is 0.0196. The zero-order valence-electron chi connectivity index (χ0n) is 30.7. The molecule has 11 aromatic rings. The number of pyridine rings is 1. The molecule has 0 radical (unpaired) electrons. The molecule has 0 aliphatic carbocycles. The van der Waals surface area contributed by atoms with Crippen molar-refractivity contribution in [2.24, 2.45) is 0 Å². The molecule has 57 heavy (non-hydrogen) atoms. The van der Waals surface area contributed by atoms with Crippen LogP contribution < -0.4 is 0 Å². The second-order valence-corrected chi connectivity index (χ2v) is 15.3. The van der Waals surface area contributed by atoms with E-state index in [0.29, 0.717) is 23.9 Å². The van der Waals surface area contributed by atoms with Gasteiger partial charge in [0, 0.05) is 65.8 Å². The smallest absolute Gasteiger partial charge is 0.163 e. The molecule has 0 bridgehead atoms. The predicted molar refractivity (Wildman–Crippen MR) is 236 cm³/mol. The summed E-state index contributed by atoms with van der Waals surface area (Å²) in [6.45, 7) is 0. The minimum atomic E-state index is 0.434. The number of rotatable bonds is 7. The Hall–Kier alpha value is -7.28. The Morgan fingerprint density at radius 3 is 1.72 bits per heavy atom. The molecule has 11 rings (SSSR count). The summed E-state index contributed by atoms with van der Waals surface area (Å²) in [4.78, 5) is 20.7. The number of benzene rings is 7. The Kier molecular flexibility index (Phi) is 8.00. The first-order valence-corrected chi connectivity index (χ1v) is 19.9. The van der Waals surface area contributed by atoms with E-state index >= 15 is 0 Å². The Morgan fingerprint density at radius 2 is 1.02 bits per heavy atom. The minimum absolute atomic E-state index is 0.434. The van der Waals surface area contributed by atoms with Crippen molar-refractivity contribution in [1.29, 1.82) is 0 Å². The quantitative estimate of drug-likeness (QED) is 0.163. The molecule has 4 heterocycles. The van der Waals surface area contributed by atoms with E-state index < -0.39 is 0 Å². The maximum Gasteiger partial charge on any atom is 0.163 e. The number of nitrogens with zero attached hydrogens (tertiary/aromatic N) is 5. The van der Waals surface area contributed by atoms with E-state index in [4.69, 9.17) is 19.9 Å². The molecule has 0 aliphatic heterocycles. The van der Waals surface area contributed by atoms with Crippen LogP contribution in [0.1, 0.15) is 11.4 Å². The Labute approximate surface area is 333 Å². The highest BCUT2D eigenvalue weighted by Gasteiger charge is 2.22. The third kappa shape index (κ3) is 5.77. The molecule has 0 spiro atoms. The summed E-state index contributed by atoms with van der Waals surface area (Å²) in [6, 6.07) is 63.7. The van der Waals surface area contributed by atoms with E-state index in [2.05, 4.69) is 150 Å². The van der Waals surface area contributed by atoms with Crippen LogP contribution in [0.25, 0.3) is 92.8 Å². The van der Waals surface area contributed by atoms with Crippen molar-refractivity contribution in [2.75, 3.05) is 0 Å². The van der Waals surface area contributed by atoms with Crippen molar-refractivity contribution in [3.8, 4) is 50.8 Å². The molecule has 5 nitrogen and oxygen atoms in total. The lowest BCUT2D eigenvalue weighted by molar-refractivity contribution is 0.914. The summed E-state index contributed by atoms with van der Waals surface area (Å²) < 4.78 is 4.91. The Bertz CT molecular complexity index is 3200. The Morgan fingerprint density at radius 1 is 0.439 bits per heavy atom. The fourth-order valence-electron chi connectivity index (χ4n) is 8.19. The van der Waals surface area contributed by atoms with Crippen molar-refractivity contribution in [3.63, 3.8) is 0 Å². The van der Waals surface area contributed by atoms with Crippen LogP contribution in [0.3, 0.4) is 0 Å². The molecule has 7 aromatic carbocycles. The van der Waals surface area contributed by atoms with Gasteiger partial charge in [-0.05, 0) is 47.0 Å². The highest BCUT2D eigenvalue weighted by atomic mass is 32.1. The summed E-state index contributed by atoms with van der Waals surface area (Å²) >= 11 is 1.85. The Balaban J connectivity index is 1.18. The molecule has 0 atom stereocenters. The first-order valence-electron chi connectivity index (χ1n) is 19.1. The van der Waals surface area contributed by atoms with Crippen LogP contribution in [0.4, 0.5) is 0 Å². The van der Waals surface area contributed by atoms with Gasteiger partial charge in [-0.2, -0.15) is 0 Å². The van der Waals surface area contributed by atoms with Gasteiger partial charge in [0.15, 0.2) is 11.6 Å². The average Bonchev–Trinajstić information content (AvgIpc) is 3.83. The molecule has 6 heteroatoms. The summed E-state index contributed by atoms with van der Waals surface area (Å²) in [5, 5.41) is 5.00. The standard InChI is InChI=1S/C51H33N5S/c1-4-16-33(17-5-1)38-22-10-11-23-39(38)37-30-36(31-46-53-49(34-18-6-2-7-19-34)55-50(54-46)35-20-8-3-9-21-35)51(52-32-37)56-42-26-14-12-24-40(42)47-43(56)28-29-45-48(47)41-25-13-15-27-44(41)57-45/h1-30,32H,31H2. The molecular formula is C51H33N5S. The third-order valence-corrected chi connectivity index (χ3v) is 11.9. The summed E-state index contributed by atoms with van der Waals surface area (Å²) in [5.41, 5.74) is 9.57. The van der Waals surface area contributed by atoms with Crippen LogP contribution >= 0.6 is 11.3 Å². The molecule has 0 saturated heterocycles. The molecule has 0 unspecified atom stereocenters. The molecule has 0 aliphatic rings. The number of aromatic nitrogens is 5. The van der Waals surface area contributed by atoms with Crippen molar-refractivity contribution < 1.29 is 0 Å². The summed E-state index contributed by atoms with van der Waals surface area (Å²) in [7, 11) is 0. The van der Waals surface area contributed by atoms with Crippen LogP contribution in [0.5, 0.6) is 0 Å². The van der Waals surface area contributed by atoms with E-state index in [-0.39, 0.29) is 0 Å². The molecule has 0 fully saturated rings. The molecule has 0 N–H and O–H groups in total. The molecule has 0 amide bonds. The molecule has 268 valence electrons. The molecular weight excluding hydrogens is 715 g/mol. The second kappa shape index (κ2) is 13.8. The first-order chi connectivity index (χ1) is 28.3. The van der Waals surface area contributed by atoms with Gasteiger partial charge in [-0.15, -0.1) is 11.3 Å². The molecule has 0 saturated carbocycles. The highest BCUT2D eigenvalue weighted by Crippen LogP contribution is 2.44. The lowest BCUT2D eigenvalue weighted by atomic mass is 9.94. The van der Waals surface area contributed by atoms with E-state index in [0.717, 1.165) is 55.8 Å². The maximum atomic E-state index is 5.41. The number of hydrogen-bond donors (Lipinski definition) is 0. The van der Waals surface area contributed by atoms with Crippen molar-refractivity contribution in [3.05, 3.63) is 200 Å². The minimum Gasteiger partial charge on any atom is -0.294 e. The first kappa shape index (κ1) is 33.1. The zero-order valence-corrected chi connectivity index (χ0v) is 31.6. The van der Waals surface area contributed by atoms with Crippen LogP contribution in [-0.2, 0) is 6.42 Å². The van der Waals surface area contributed by atoms with E-state index in [1.807, 2.05) is 53.9 Å². The number of fused-ring (bicyclic) bond motifs is 7. The van der Waals surface area contributed by atoms with Gasteiger partial charge in [0.25, 0.3) is 0 Å². The molecule has 4 aromatic heterocycles. The average molecular weight is 748 g/mol.